The molecule has 0 spiro atoms. The van der Waals surface area contributed by atoms with Crippen LogP contribution in [0.15, 0.2) is 36.4 Å². The van der Waals surface area contributed by atoms with Crippen LogP contribution in [0.4, 0.5) is 35.1 Å². The van der Waals surface area contributed by atoms with Crippen LogP contribution in [0.1, 0.15) is 37.4 Å². The van der Waals surface area contributed by atoms with Gasteiger partial charge in [-0.3, -0.25) is 14.3 Å². The van der Waals surface area contributed by atoms with Crippen LogP contribution in [0.3, 0.4) is 0 Å². The largest absolute Gasteiger partial charge is 0.417 e. The Morgan fingerprint density at radius 1 is 1.02 bits per heavy atom. The average molecular weight is 639 g/mol. The quantitative estimate of drug-likeness (QED) is 0.242. The number of primary amides is 1. The van der Waals surface area contributed by atoms with E-state index in [-0.39, 0.29) is 10.7 Å². The van der Waals surface area contributed by atoms with Crippen LogP contribution in [0.5, 0.6) is 0 Å². The number of fused-ring (bicyclic) bond motifs is 3. The van der Waals surface area contributed by atoms with Gasteiger partial charge in [0.2, 0.25) is 5.91 Å². The van der Waals surface area contributed by atoms with Crippen molar-refractivity contribution in [3.05, 3.63) is 86.0 Å². The molecule has 17 heteroatoms. The van der Waals surface area contributed by atoms with Crippen LogP contribution < -0.4 is 11.1 Å². The van der Waals surface area contributed by atoms with Gasteiger partial charge in [0.05, 0.1) is 27.6 Å². The van der Waals surface area contributed by atoms with Gasteiger partial charge in [0.1, 0.15) is 18.2 Å². The van der Waals surface area contributed by atoms with Crippen LogP contribution >= 0.6 is 23.2 Å². The van der Waals surface area contributed by atoms with E-state index in [1.165, 1.54) is 0 Å². The van der Waals surface area contributed by atoms with Crippen LogP contribution in [0, 0.1) is 11.6 Å². The fourth-order valence-electron chi connectivity index (χ4n) is 4.96. The van der Waals surface area contributed by atoms with Crippen molar-refractivity contribution in [2.24, 2.45) is 5.73 Å². The summed E-state index contributed by atoms with van der Waals surface area (Å²) < 4.78 is 112. The van der Waals surface area contributed by atoms with Gasteiger partial charge in [-0.1, -0.05) is 23.2 Å². The molecule has 4 aromatic rings. The maximum atomic E-state index is 14.3. The number of nitrogens with two attached hydrogens (primary N) is 1. The van der Waals surface area contributed by atoms with Crippen molar-refractivity contribution in [3.63, 3.8) is 0 Å². The molecule has 0 bridgehead atoms. The molecular formula is C25H12Cl2F8N4O3. The normalized spacial score (nSPS) is 17.1. The van der Waals surface area contributed by atoms with Gasteiger partial charge < -0.3 is 16.2 Å². The van der Waals surface area contributed by atoms with E-state index in [4.69, 9.17) is 28.9 Å². The molecule has 2 amide bonds. The Morgan fingerprint density at radius 2 is 1.69 bits per heavy atom. The molecule has 0 saturated carbocycles. The minimum absolute atomic E-state index is 0.0171. The number of carbonyl (C=O) groups excluding carboxylic acids is 2. The number of alkyl halides is 6. The summed E-state index contributed by atoms with van der Waals surface area (Å²) in [5.74, 6) is -5.46. The summed E-state index contributed by atoms with van der Waals surface area (Å²) in [6.45, 7) is -1.83. The van der Waals surface area contributed by atoms with E-state index in [2.05, 4.69) is 10.4 Å². The maximum Gasteiger partial charge on any atom is 0.417 e. The highest BCUT2D eigenvalue weighted by molar-refractivity contribution is 6.36. The van der Waals surface area contributed by atoms with Crippen LogP contribution in [-0.2, 0) is 18.4 Å². The highest BCUT2D eigenvalue weighted by Gasteiger charge is 2.50. The Kier molecular flexibility index (Phi) is 6.71. The van der Waals surface area contributed by atoms with Gasteiger partial charge in [-0.15, -0.1) is 0 Å². The maximum absolute atomic E-state index is 14.3. The standard InChI is InChI=1S/C25H12Cl2F8N4O3/c26-14-2-1-8(28)4-12(14)24(42)19-10(16-11(21(36)40)3-9(29)5-13(16)25(33,34)35)6-15-17(18(19)22(41)37-24)20(27)38-39(15)7-23(30,31)32/h1-6,42H,7H2,(H2,36,40)(H,37,41). The molecule has 0 aliphatic carbocycles. The molecule has 0 saturated heterocycles. The van der Waals surface area contributed by atoms with E-state index in [0.717, 1.165) is 12.1 Å². The number of hydrogen-bond acceptors (Lipinski definition) is 4. The molecule has 0 radical (unpaired) electrons. The molecule has 1 aliphatic heterocycles. The highest BCUT2D eigenvalue weighted by atomic mass is 35.5. The number of aromatic nitrogens is 2. The molecule has 0 fully saturated rings. The lowest BCUT2D eigenvalue weighted by Gasteiger charge is -2.29. The van der Waals surface area contributed by atoms with E-state index in [9.17, 15) is 49.8 Å². The number of carbonyl (C=O) groups is 2. The van der Waals surface area contributed by atoms with Crippen molar-refractivity contribution < 1.29 is 49.8 Å². The summed E-state index contributed by atoms with van der Waals surface area (Å²) in [5, 5.41) is 15.8. The third-order valence-electron chi connectivity index (χ3n) is 6.47. The average Bonchev–Trinajstić information content (AvgIpc) is 3.30. The summed E-state index contributed by atoms with van der Waals surface area (Å²) in [7, 11) is 0. The summed E-state index contributed by atoms with van der Waals surface area (Å²) >= 11 is 12.3. The predicted octanol–water partition coefficient (Wildman–Crippen LogP) is 5.91. The van der Waals surface area contributed by atoms with Gasteiger partial charge in [0.25, 0.3) is 5.91 Å². The fraction of sp³-hybridized carbons (Fsp3) is 0.160. The molecule has 1 atom stereocenters. The lowest BCUT2D eigenvalue weighted by Crippen LogP contribution is -2.41. The van der Waals surface area contributed by atoms with E-state index in [0.29, 0.717) is 18.2 Å². The number of rotatable bonds is 4. The lowest BCUT2D eigenvalue weighted by atomic mass is 9.82. The molecule has 42 heavy (non-hydrogen) atoms. The van der Waals surface area contributed by atoms with Crippen LogP contribution in [-0.4, -0.2) is 32.9 Å². The van der Waals surface area contributed by atoms with Gasteiger partial charge in [-0.2, -0.15) is 31.4 Å². The van der Waals surface area contributed by atoms with E-state index in [1.807, 2.05) is 0 Å². The molecule has 2 heterocycles. The number of amides is 2. The van der Waals surface area contributed by atoms with Crippen LogP contribution in [0.25, 0.3) is 22.0 Å². The first-order valence-corrected chi connectivity index (χ1v) is 12.1. The molecule has 4 N–H and O–H groups in total. The van der Waals surface area contributed by atoms with Gasteiger partial charge in [0.15, 0.2) is 10.9 Å². The number of halogens is 10. The Hall–Kier alpha value is -3.95. The number of nitrogens with one attached hydrogen (secondary N) is 1. The minimum atomic E-state index is -5.42. The molecule has 5 rings (SSSR count). The Balaban J connectivity index is 2.05. The summed E-state index contributed by atoms with van der Waals surface area (Å²) in [4.78, 5) is 25.7. The fourth-order valence-corrected chi connectivity index (χ4v) is 5.50. The van der Waals surface area contributed by atoms with Crippen molar-refractivity contribution in [2.75, 3.05) is 0 Å². The summed E-state index contributed by atoms with van der Waals surface area (Å²) in [6, 6.07) is 3.42. The first-order chi connectivity index (χ1) is 19.3. The van der Waals surface area contributed by atoms with Crippen molar-refractivity contribution in [1.29, 1.82) is 0 Å². The third-order valence-corrected chi connectivity index (χ3v) is 7.07. The van der Waals surface area contributed by atoms with Crippen LogP contribution in [0.2, 0.25) is 10.2 Å². The van der Waals surface area contributed by atoms with E-state index < -0.39 is 108 Å². The molecule has 220 valence electrons. The summed E-state index contributed by atoms with van der Waals surface area (Å²) in [6.07, 6.45) is -10.4. The number of hydrogen-bond donors (Lipinski definition) is 3. The third kappa shape index (κ3) is 4.70. The van der Waals surface area contributed by atoms with E-state index >= 15 is 0 Å². The Bertz CT molecular complexity index is 1840. The number of aliphatic hydroxyl groups is 1. The molecule has 1 aromatic heterocycles. The first kappa shape index (κ1) is 29.5. The van der Waals surface area contributed by atoms with Crippen molar-refractivity contribution in [1.82, 2.24) is 15.1 Å². The first-order valence-electron chi connectivity index (χ1n) is 11.3. The molecule has 3 aromatic carbocycles. The lowest BCUT2D eigenvalue weighted by molar-refractivity contribution is -0.142. The van der Waals surface area contributed by atoms with E-state index in [1.54, 1.807) is 0 Å². The van der Waals surface area contributed by atoms with Gasteiger partial charge in [0, 0.05) is 21.7 Å². The second kappa shape index (κ2) is 9.54. The monoisotopic (exact) mass is 638 g/mol. The second-order valence-corrected chi connectivity index (χ2v) is 9.92. The molecular weight excluding hydrogens is 627 g/mol. The second-order valence-electron chi connectivity index (χ2n) is 9.16. The number of nitrogens with zero attached hydrogens (tertiary/aromatic N) is 2. The molecule has 1 unspecified atom stereocenters. The van der Waals surface area contributed by atoms with Gasteiger partial charge in [-0.25, -0.2) is 8.78 Å². The SMILES string of the molecule is NC(=O)c1cc(F)cc(C(F)(F)F)c1-c1cc2c(c(Cl)nn2CC(F)(F)F)c2c1C(O)(c1cc(F)ccc1Cl)NC2=O. The smallest absolute Gasteiger partial charge is 0.366 e. The van der Waals surface area contributed by atoms with Crippen molar-refractivity contribution >= 4 is 45.9 Å². The Morgan fingerprint density at radius 3 is 2.29 bits per heavy atom. The minimum Gasteiger partial charge on any atom is -0.366 e. The molecule has 1 aliphatic rings. The zero-order valence-corrected chi connectivity index (χ0v) is 21.7. The van der Waals surface area contributed by atoms with Gasteiger partial charge in [-0.05, 0) is 42.0 Å². The zero-order valence-electron chi connectivity index (χ0n) is 20.2. The molecule has 7 nitrogen and oxygen atoms in total. The topological polar surface area (TPSA) is 110 Å². The summed E-state index contributed by atoms with van der Waals surface area (Å²) in [5.41, 5.74) is -5.57. The highest BCUT2D eigenvalue weighted by Crippen LogP contribution is 2.50. The van der Waals surface area contributed by atoms with Crippen molar-refractivity contribution in [3.8, 4) is 11.1 Å². The number of benzene rings is 3. The Labute approximate surface area is 238 Å². The predicted molar refractivity (Wildman–Crippen MR) is 132 cm³/mol. The van der Waals surface area contributed by atoms with Gasteiger partial charge >= 0.3 is 12.4 Å². The zero-order chi connectivity index (χ0) is 31.1. The van der Waals surface area contributed by atoms with Crippen molar-refractivity contribution in [2.45, 2.75) is 24.6 Å².